The van der Waals surface area contributed by atoms with Gasteiger partial charge in [-0.25, -0.2) is 4.57 Å². The fourth-order valence-electron chi connectivity index (χ4n) is 6.87. The molecule has 0 aromatic rings. The molecule has 0 rings (SSSR count). The van der Waals surface area contributed by atoms with E-state index in [4.69, 9.17) is 9.79 Å². The van der Waals surface area contributed by atoms with Crippen molar-refractivity contribution < 1.29 is 28.8 Å². The maximum absolute atomic E-state index is 12.6. The molecular weight excluding hydrogens is 657 g/mol. The zero-order chi connectivity index (χ0) is 37.5. The lowest BCUT2D eigenvalue weighted by molar-refractivity contribution is -0.123. The zero-order valence-electron chi connectivity index (χ0n) is 33.8. The molecule has 0 spiro atoms. The summed E-state index contributed by atoms with van der Waals surface area (Å²) in [6.07, 6.45) is 46.6. The van der Waals surface area contributed by atoms with Crippen LogP contribution in [0.5, 0.6) is 0 Å². The lowest BCUT2D eigenvalue weighted by Crippen LogP contribution is -2.45. The first kappa shape index (κ1) is 50.3. The second kappa shape index (κ2) is 39.0. The van der Waals surface area contributed by atoms with Gasteiger partial charge in [0.05, 0.1) is 18.8 Å². The number of amides is 1. The van der Waals surface area contributed by atoms with Crippen LogP contribution in [0.15, 0.2) is 12.2 Å². The highest BCUT2D eigenvalue weighted by Gasteiger charge is 2.24. The molecular formula is C43H86NO6P. The summed E-state index contributed by atoms with van der Waals surface area (Å²) in [4.78, 5) is 30.9. The van der Waals surface area contributed by atoms with Crippen molar-refractivity contribution in [3.8, 4) is 0 Å². The van der Waals surface area contributed by atoms with E-state index in [0.717, 1.165) is 38.5 Å². The van der Waals surface area contributed by atoms with Gasteiger partial charge in [-0.1, -0.05) is 225 Å². The van der Waals surface area contributed by atoms with Gasteiger partial charge in [-0.3, -0.25) is 9.32 Å². The summed E-state index contributed by atoms with van der Waals surface area (Å²) in [5.41, 5.74) is 0. The molecule has 0 heterocycles. The Bertz CT molecular complexity index is 803. The van der Waals surface area contributed by atoms with Crippen LogP contribution in [0.2, 0.25) is 0 Å². The monoisotopic (exact) mass is 744 g/mol. The lowest BCUT2D eigenvalue weighted by atomic mass is 10.0. The average Bonchev–Trinajstić information content (AvgIpc) is 3.10. The molecule has 0 radical (unpaired) electrons. The summed E-state index contributed by atoms with van der Waals surface area (Å²) >= 11 is 0. The number of nitrogens with one attached hydrogen (secondary N) is 1. The fraction of sp³-hybridized carbons (Fsp3) is 0.930. The van der Waals surface area contributed by atoms with Crippen molar-refractivity contribution in [2.24, 2.45) is 0 Å². The summed E-state index contributed by atoms with van der Waals surface area (Å²) in [6, 6.07) is -0.905. The largest absolute Gasteiger partial charge is 0.469 e. The maximum atomic E-state index is 12.6. The van der Waals surface area contributed by atoms with E-state index in [1.165, 1.54) is 180 Å². The third-order valence-electron chi connectivity index (χ3n) is 10.2. The molecule has 0 aromatic carbocycles. The Balaban J connectivity index is 3.89. The molecule has 0 aliphatic carbocycles. The number of phosphoric acid groups is 1. The van der Waals surface area contributed by atoms with E-state index >= 15 is 0 Å². The molecule has 0 saturated carbocycles. The van der Waals surface area contributed by atoms with Crippen molar-refractivity contribution in [1.29, 1.82) is 0 Å². The number of carbonyl (C=O) groups excluding carboxylic acids is 1. The topological polar surface area (TPSA) is 116 Å². The molecule has 304 valence electrons. The number of rotatable bonds is 41. The summed E-state index contributed by atoms with van der Waals surface area (Å²) in [7, 11) is -4.71. The van der Waals surface area contributed by atoms with Crippen LogP contribution in [0.1, 0.15) is 239 Å². The average molecular weight is 744 g/mol. The second-order valence-corrected chi connectivity index (χ2v) is 16.6. The predicted molar refractivity (Wildman–Crippen MR) is 218 cm³/mol. The van der Waals surface area contributed by atoms with Crippen LogP contribution in [-0.2, 0) is 13.9 Å². The quantitative estimate of drug-likeness (QED) is 0.0281. The molecule has 0 aliphatic heterocycles. The van der Waals surface area contributed by atoms with E-state index in [1.807, 2.05) is 6.08 Å². The Morgan fingerprint density at radius 2 is 0.863 bits per heavy atom. The minimum atomic E-state index is -4.71. The Labute approximate surface area is 316 Å². The normalized spacial score (nSPS) is 13.3. The van der Waals surface area contributed by atoms with Crippen LogP contribution in [0, 0.1) is 0 Å². The molecule has 4 N–H and O–H groups in total. The highest BCUT2D eigenvalue weighted by Crippen LogP contribution is 2.35. The van der Waals surface area contributed by atoms with Crippen molar-refractivity contribution in [3.05, 3.63) is 12.2 Å². The van der Waals surface area contributed by atoms with Crippen molar-refractivity contribution in [2.45, 2.75) is 251 Å². The smallest absolute Gasteiger partial charge is 0.387 e. The van der Waals surface area contributed by atoms with Gasteiger partial charge < -0.3 is 20.2 Å². The first-order valence-electron chi connectivity index (χ1n) is 22.1. The predicted octanol–water partition coefficient (Wildman–Crippen LogP) is 13.2. The molecule has 8 heteroatoms. The second-order valence-electron chi connectivity index (χ2n) is 15.4. The maximum Gasteiger partial charge on any atom is 0.469 e. The first-order valence-corrected chi connectivity index (χ1v) is 23.7. The highest BCUT2D eigenvalue weighted by atomic mass is 31.2. The van der Waals surface area contributed by atoms with Crippen molar-refractivity contribution in [2.75, 3.05) is 6.61 Å². The van der Waals surface area contributed by atoms with E-state index < -0.39 is 26.6 Å². The molecule has 0 fully saturated rings. The SMILES string of the molecule is CCCCCCCCCCCCCCC/C=C/[C@@H](O)[C@H](COP(=O)(O)O)NC(=O)CCCCCCCCCCCCCCCCCCCCCC. The number of hydrogen-bond donors (Lipinski definition) is 4. The molecule has 0 aromatic heterocycles. The van der Waals surface area contributed by atoms with Gasteiger partial charge in [-0.15, -0.1) is 0 Å². The van der Waals surface area contributed by atoms with Crippen molar-refractivity contribution in [1.82, 2.24) is 5.32 Å². The molecule has 2 atom stereocenters. The van der Waals surface area contributed by atoms with Gasteiger partial charge in [0.15, 0.2) is 0 Å². The van der Waals surface area contributed by atoms with E-state index in [0.29, 0.717) is 6.42 Å². The van der Waals surface area contributed by atoms with Gasteiger partial charge in [0.1, 0.15) is 0 Å². The molecule has 7 nitrogen and oxygen atoms in total. The summed E-state index contributed by atoms with van der Waals surface area (Å²) in [5.74, 6) is -0.222. The van der Waals surface area contributed by atoms with Crippen molar-refractivity contribution >= 4 is 13.7 Å². The minimum absolute atomic E-state index is 0.222. The summed E-state index contributed by atoms with van der Waals surface area (Å²) in [5, 5.41) is 13.4. The van der Waals surface area contributed by atoms with Gasteiger partial charge in [-0.2, -0.15) is 0 Å². The van der Waals surface area contributed by atoms with Crippen LogP contribution in [0.3, 0.4) is 0 Å². The number of carbonyl (C=O) groups is 1. The molecule has 1 amide bonds. The number of aliphatic hydroxyl groups is 1. The van der Waals surface area contributed by atoms with Crippen LogP contribution in [-0.4, -0.2) is 39.6 Å². The Morgan fingerprint density at radius 1 is 0.549 bits per heavy atom. The molecule has 0 unspecified atom stereocenters. The third kappa shape index (κ3) is 40.3. The van der Waals surface area contributed by atoms with Crippen LogP contribution in [0.4, 0.5) is 0 Å². The number of aliphatic hydroxyl groups excluding tert-OH is 1. The molecule has 0 aliphatic rings. The third-order valence-corrected chi connectivity index (χ3v) is 10.7. The number of unbranched alkanes of at least 4 members (excludes halogenated alkanes) is 32. The Morgan fingerprint density at radius 3 is 1.20 bits per heavy atom. The van der Waals surface area contributed by atoms with Crippen LogP contribution in [0.25, 0.3) is 0 Å². The Hall–Kier alpha value is -0.720. The van der Waals surface area contributed by atoms with Gasteiger partial charge in [-0.05, 0) is 19.3 Å². The van der Waals surface area contributed by atoms with Gasteiger partial charge in [0.25, 0.3) is 0 Å². The number of allylic oxidation sites excluding steroid dienone is 1. The minimum Gasteiger partial charge on any atom is -0.387 e. The molecule has 51 heavy (non-hydrogen) atoms. The van der Waals surface area contributed by atoms with Gasteiger partial charge in [0.2, 0.25) is 5.91 Å². The number of hydrogen-bond acceptors (Lipinski definition) is 4. The first-order chi connectivity index (χ1) is 24.8. The zero-order valence-corrected chi connectivity index (χ0v) is 34.7. The summed E-state index contributed by atoms with van der Waals surface area (Å²) < 4.78 is 15.9. The molecule has 0 saturated heterocycles. The Kier molecular flexibility index (Phi) is 38.4. The van der Waals surface area contributed by atoms with Crippen LogP contribution < -0.4 is 5.32 Å². The van der Waals surface area contributed by atoms with Crippen molar-refractivity contribution in [3.63, 3.8) is 0 Å². The van der Waals surface area contributed by atoms with Crippen LogP contribution >= 0.6 is 7.82 Å². The lowest BCUT2D eigenvalue weighted by Gasteiger charge is -2.22. The van der Waals surface area contributed by atoms with Gasteiger partial charge >= 0.3 is 7.82 Å². The fourth-order valence-corrected chi connectivity index (χ4v) is 7.23. The van der Waals surface area contributed by atoms with E-state index in [2.05, 4.69) is 23.7 Å². The number of phosphoric ester groups is 1. The van der Waals surface area contributed by atoms with Gasteiger partial charge in [0, 0.05) is 6.42 Å². The summed E-state index contributed by atoms with van der Waals surface area (Å²) in [6.45, 7) is 4.09. The van der Waals surface area contributed by atoms with E-state index in [1.54, 1.807) is 6.08 Å². The standard InChI is InChI=1S/C43H86NO6P/c1-3-5-7-9-11-13-15-17-19-20-21-22-23-25-27-29-31-33-35-37-39-43(46)44-41(40-50-51(47,48)49)42(45)38-36-34-32-30-28-26-24-18-16-14-12-10-8-6-4-2/h36,38,41-42,45H,3-35,37,39-40H2,1-2H3,(H,44,46)(H2,47,48,49)/b38-36+/t41-,42+/m0/s1. The van der Waals surface area contributed by atoms with E-state index in [9.17, 15) is 14.5 Å². The van der Waals surface area contributed by atoms with E-state index in [-0.39, 0.29) is 5.91 Å². The molecule has 0 bridgehead atoms. The highest BCUT2D eigenvalue weighted by molar-refractivity contribution is 7.46.